The Labute approximate surface area is 146 Å². The maximum atomic E-state index is 13.9. The van der Waals surface area contributed by atoms with E-state index in [2.05, 4.69) is 15.5 Å². The van der Waals surface area contributed by atoms with Crippen LogP contribution >= 0.6 is 0 Å². The third-order valence-corrected chi connectivity index (χ3v) is 3.78. The van der Waals surface area contributed by atoms with Crippen LogP contribution in [-0.4, -0.2) is 25.5 Å². The maximum Gasteiger partial charge on any atom is 0.277 e. The zero-order chi connectivity index (χ0) is 18.8. The molecule has 0 radical (unpaired) electrons. The van der Waals surface area contributed by atoms with Gasteiger partial charge in [0.25, 0.3) is 11.5 Å². The molecule has 1 amide bonds. The van der Waals surface area contributed by atoms with Crippen molar-refractivity contribution in [2.24, 2.45) is 7.05 Å². The van der Waals surface area contributed by atoms with Gasteiger partial charge in [-0.1, -0.05) is 0 Å². The summed E-state index contributed by atoms with van der Waals surface area (Å²) in [5.41, 5.74) is 0.435. The Kier molecular flexibility index (Phi) is 4.61. The predicted octanol–water partition coefficient (Wildman–Crippen LogP) is 1.86. The molecule has 0 aliphatic heterocycles. The molecule has 0 saturated heterocycles. The van der Waals surface area contributed by atoms with Crippen LogP contribution in [0.25, 0.3) is 0 Å². The van der Waals surface area contributed by atoms with Crippen molar-refractivity contribution < 1.29 is 13.6 Å². The minimum absolute atomic E-state index is 0.0381. The minimum atomic E-state index is -0.573. The summed E-state index contributed by atoms with van der Waals surface area (Å²) in [5.74, 6) is -1.36. The van der Waals surface area contributed by atoms with Gasteiger partial charge in [0.05, 0.1) is 12.7 Å². The number of anilines is 1. The molecule has 0 atom stereocenters. The van der Waals surface area contributed by atoms with Crippen molar-refractivity contribution in [3.8, 4) is 0 Å². The molecule has 134 valence electrons. The van der Waals surface area contributed by atoms with E-state index in [1.165, 1.54) is 30.1 Å². The van der Waals surface area contributed by atoms with E-state index in [0.29, 0.717) is 11.4 Å². The van der Waals surface area contributed by atoms with Crippen molar-refractivity contribution in [1.29, 1.82) is 0 Å². The summed E-state index contributed by atoms with van der Waals surface area (Å²) in [6, 6.07) is 5.68. The molecule has 2 aromatic heterocycles. The SMILES string of the molecule is Cc1cnn(Cc2cc(F)ccc2F)c1NC(=O)c1ccc(=O)n(C)n1. The van der Waals surface area contributed by atoms with Crippen LogP contribution in [0.3, 0.4) is 0 Å². The molecule has 26 heavy (non-hydrogen) atoms. The van der Waals surface area contributed by atoms with E-state index in [9.17, 15) is 18.4 Å². The highest BCUT2D eigenvalue weighted by atomic mass is 19.1. The lowest BCUT2D eigenvalue weighted by atomic mass is 10.2. The molecule has 3 aromatic rings. The maximum absolute atomic E-state index is 13.9. The number of amides is 1. The van der Waals surface area contributed by atoms with Crippen LogP contribution in [0.15, 0.2) is 41.3 Å². The number of aryl methyl sites for hydroxylation is 2. The quantitative estimate of drug-likeness (QED) is 0.771. The van der Waals surface area contributed by atoms with E-state index < -0.39 is 17.5 Å². The van der Waals surface area contributed by atoms with Crippen molar-refractivity contribution in [2.45, 2.75) is 13.5 Å². The molecule has 7 nitrogen and oxygen atoms in total. The highest BCUT2D eigenvalue weighted by Crippen LogP contribution is 2.18. The normalized spacial score (nSPS) is 10.8. The van der Waals surface area contributed by atoms with Crippen molar-refractivity contribution in [2.75, 3.05) is 5.32 Å². The van der Waals surface area contributed by atoms with Gasteiger partial charge in [-0.2, -0.15) is 10.2 Å². The number of benzene rings is 1. The van der Waals surface area contributed by atoms with Crippen molar-refractivity contribution >= 4 is 11.7 Å². The van der Waals surface area contributed by atoms with Gasteiger partial charge in [-0.3, -0.25) is 9.59 Å². The second-order valence-electron chi connectivity index (χ2n) is 5.70. The first-order valence-electron chi connectivity index (χ1n) is 7.67. The Morgan fingerprint density at radius 3 is 2.73 bits per heavy atom. The number of nitrogens with zero attached hydrogens (tertiary/aromatic N) is 4. The highest BCUT2D eigenvalue weighted by Gasteiger charge is 2.16. The molecule has 1 N–H and O–H groups in total. The average Bonchev–Trinajstić information content (AvgIpc) is 2.93. The van der Waals surface area contributed by atoms with E-state index in [-0.39, 0.29) is 23.4 Å². The van der Waals surface area contributed by atoms with E-state index in [1.54, 1.807) is 6.92 Å². The van der Waals surface area contributed by atoms with E-state index in [1.807, 2.05) is 0 Å². The topological polar surface area (TPSA) is 81.8 Å². The zero-order valence-electron chi connectivity index (χ0n) is 14.0. The van der Waals surface area contributed by atoms with E-state index in [0.717, 1.165) is 22.9 Å². The first kappa shape index (κ1) is 17.5. The number of rotatable bonds is 4. The smallest absolute Gasteiger partial charge is 0.277 e. The lowest BCUT2D eigenvalue weighted by Crippen LogP contribution is -2.24. The molecule has 0 saturated carbocycles. The molecule has 0 bridgehead atoms. The number of halogens is 2. The van der Waals surface area contributed by atoms with Gasteiger partial charge in [-0.25, -0.2) is 18.1 Å². The Morgan fingerprint density at radius 2 is 2.00 bits per heavy atom. The second-order valence-corrected chi connectivity index (χ2v) is 5.70. The number of hydrogen-bond donors (Lipinski definition) is 1. The fourth-order valence-corrected chi connectivity index (χ4v) is 2.38. The number of carbonyl (C=O) groups is 1. The van der Waals surface area contributed by atoms with Gasteiger partial charge in [0.2, 0.25) is 0 Å². The summed E-state index contributed by atoms with van der Waals surface area (Å²) in [7, 11) is 1.43. The molecule has 2 heterocycles. The fraction of sp³-hybridized carbons (Fsp3) is 0.176. The number of hydrogen-bond acceptors (Lipinski definition) is 4. The standard InChI is InChI=1S/C17H15F2N5O2/c1-10-8-20-24(9-11-7-12(18)3-4-13(11)19)16(10)21-17(26)14-5-6-15(25)23(2)22-14/h3-8H,9H2,1-2H3,(H,21,26). The number of carbonyl (C=O) groups excluding carboxylic acids is 1. The summed E-state index contributed by atoms with van der Waals surface area (Å²) in [4.78, 5) is 23.8. The van der Waals surface area contributed by atoms with Crippen LogP contribution in [0, 0.1) is 18.6 Å². The Balaban J connectivity index is 1.88. The van der Waals surface area contributed by atoms with Crippen molar-refractivity contribution in [3.63, 3.8) is 0 Å². The fourth-order valence-electron chi connectivity index (χ4n) is 2.38. The summed E-state index contributed by atoms with van der Waals surface area (Å²) in [6.07, 6.45) is 1.50. The Bertz CT molecular complexity index is 1040. The van der Waals surface area contributed by atoms with Gasteiger partial charge in [-0.05, 0) is 31.2 Å². The van der Waals surface area contributed by atoms with E-state index >= 15 is 0 Å². The van der Waals surface area contributed by atoms with Crippen molar-refractivity contribution in [1.82, 2.24) is 19.6 Å². The summed E-state index contributed by atoms with van der Waals surface area (Å²) < 4.78 is 29.6. The Morgan fingerprint density at radius 1 is 1.23 bits per heavy atom. The van der Waals surface area contributed by atoms with Crippen LogP contribution in [-0.2, 0) is 13.6 Å². The van der Waals surface area contributed by atoms with Gasteiger partial charge in [0, 0.05) is 24.2 Å². The molecule has 0 fully saturated rings. The molecule has 3 rings (SSSR count). The largest absolute Gasteiger partial charge is 0.305 e. The molecule has 0 unspecified atom stereocenters. The first-order chi connectivity index (χ1) is 12.3. The van der Waals surface area contributed by atoms with Gasteiger partial charge in [-0.15, -0.1) is 0 Å². The number of aromatic nitrogens is 4. The second kappa shape index (κ2) is 6.87. The first-order valence-corrected chi connectivity index (χ1v) is 7.67. The van der Waals surface area contributed by atoms with Crippen LogP contribution in [0.4, 0.5) is 14.6 Å². The van der Waals surface area contributed by atoms with Gasteiger partial charge < -0.3 is 5.32 Å². The third-order valence-electron chi connectivity index (χ3n) is 3.78. The molecule has 0 aliphatic rings. The average molecular weight is 359 g/mol. The highest BCUT2D eigenvalue weighted by molar-refractivity contribution is 6.02. The lowest BCUT2D eigenvalue weighted by molar-refractivity contribution is 0.101. The molecule has 0 spiro atoms. The number of nitrogens with one attached hydrogen (secondary N) is 1. The van der Waals surface area contributed by atoms with Crippen LogP contribution < -0.4 is 10.9 Å². The van der Waals surface area contributed by atoms with Gasteiger partial charge >= 0.3 is 0 Å². The molecular weight excluding hydrogens is 344 g/mol. The predicted molar refractivity (Wildman–Crippen MR) is 89.9 cm³/mol. The Hall–Kier alpha value is -3.36. The van der Waals surface area contributed by atoms with Crippen LogP contribution in [0.1, 0.15) is 21.6 Å². The lowest BCUT2D eigenvalue weighted by Gasteiger charge is -2.11. The van der Waals surface area contributed by atoms with Gasteiger partial charge in [0.1, 0.15) is 23.1 Å². The molecule has 0 aliphatic carbocycles. The van der Waals surface area contributed by atoms with E-state index in [4.69, 9.17) is 0 Å². The van der Waals surface area contributed by atoms with Crippen LogP contribution in [0.2, 0.25) is 0 Å². The summed E-state index contributed by atoms with van der Waals surface area (Å²) in [6.45, 7) is 1.66. The summed E-state index contributed by atoms with van der Waals surface area (Å²) in [5, 5.41) is 10.6. The van der Waals surface area contributed by atoms with Crippen LogP contribution in [0.5, 0.6) is 0 Å². The molecular formula is C17H15F2N5O2. The molecule has 9 heteroatoms. The minimum Gasteiger partial charge on any atom is -0.305 e. The third kappa shape index (κ3) is 3.51. The van der Waals surface area contributed by atoms with Gasteiger partial charge in [0.15, 0.2) is 0 Å². The molecule has 1 aromatic carbocycles. The van der Waals surface area contributed by atoms with Crippen molar-refractivity contribution in [3.05, 3.63) is 75.3 Å². The zero-order valence-corrected chi connectivity index (χ0v) is 14.0. The monoisotopic (exact) mass is 359 g/mol. The summed E-state index contributed by atoms with van der Waals surface area (Å²) >= 11 is 0.